The first-order valence-electron chi connectivity index (χ1n) is 12.2. The number of carbonyl (C=O) groups is 1. The maximum atomic E-state index is 12.5. The van der Waals surface area contributed by atoms with Crippen LogP contribution in [-0.4, -0.2) is 73.0 Å². The zero-order valence-electron chi connectivity index (χ0n) is 21.0. The van der Waals surface area contributed by atoms with Gasteiger partial charge in [-0.3, -0.25) is 9.69 Å². The number of fused-ring (bicyclic) bond motifs is 1. The number of rotatable bonds is 6. The monoisotopic (exact) mass is 524 g/mol. The highest BCUT2D eigenvalue weighted by Gasteiger charge is 2.34. The van der Waals surface area contributed by atoms with Crippen LogP contribution in [0.15, 0.2) is 42.9 Å². The second kappa shape index (κ2) is 10.4. The van der Waals surface area contributed by atoms with Gasteiger partial charge in [-0.05, 0) is 49.2 Å². The average Bonchev–Trinajstić information content (AvgIpc) is 3.27. The molecule has 12 heteroatoms. The zero-order valence-corrected chi connectivity index (χ0v) is 21.0. The first-order valence-corrected chi connectivity index (χ1v) is 12.2. The van der Waals surface area contributed by atoms with Gasteiger partial charge in [-0.1, -0.05) is 6.07 Å². The molecule has 4 aromatic rings. The third kappa shape index (κ3) is 5.91. The Morgan fingerprint density at radius 2 is 1.84 bits per heavy atom. The molecule has 1 saturated heterocycles. The lowest BCUT2D eigenvalue weighted by molar-refractivity contribution is -0.162. The van der Waals surface area contributed by atoms with E-state index in [1.54, 1.807) is 12.5 Å². The number of alkyl halides is 3. The third-order valence-electron chi connectivity index (χ3n) is 6.65. The van der Waals surface area contributed by atoms with Crippen LogP contribution in [0.1, 0.15) is 23.2 Å². The van der Waals surface area contributed by atoms with Crippen LogP contribution in [0.5, 0.6) is 0 Å². The van der Waals surface area contributed by atoms with E-state index >= 15 is 0 Å². The van der Waals surface area contributed by atoms with Crippen molar-refractivity contribution in [1.82, 2.24) is 34.7 Å². The molecule has 198 valence electrons. The number of amides is 1. The molecule has 9 nitrogen and oxygen atoms in total. The molecular formula is C26H27F3N8O. The van der Waals surface area contributed by atoms with Crippen LogP contribution in [-0.2, 0) is 11.3 Å². The number of nitrogens with zero attached hydrogens (tertiary/aromatic N) is 6. The number of H-pyrrole nitrogens is 1. The number of pyridine rings is 1. The molecule has 0 unspecified atom stereocenters. The van der Waals surface area contributed by atoms with Gasteiger partial charge >= 0.3 is 6.18 Å². The van der Waals surface area contributed by atoms with Gasteiger partial charge in [0, 0.05) is 50.2 Å². The molecule has 1 amide bonds. The van der Waals surface area contributed by atoms with E-state index in [4.69, 9.17) is 0 Å². The highest BCUT2D eigenvalue weighted by Crippen LogP contribution is 2.27. The van der Waals surface area contributed by atoms with Crippen molar-refractivity contribution >= 4 is 28.7 Å². The normalized spacial score (nSPS) is 14.7. The summed E-state index contributed by atoms with van der Waals surface area (Å²) in [5.74, 6) is 0.296. The number of imidazole rings is 1. The van der Waals surface area contributed by atoms with Crippen LogP contribution in [0, 0.1) is 13.8 Å². The molecule has 1 aromatic carbocycles. The van der Waals surface area contributed by atoms with E-state index in [0.717, 1.165) is 39.1 Å². The molecule has 0 radical (unpaired) electrons. The number of aryl methyl sites for hydroxylation is 1. The van der Waals surface area contributed by atoms with Crippen LogP contribution in [0.3, 0.4) is 0 Å². The van der Waals surface area contributed by atoms with Gasteiger partial charge in [0.15, 0.2) is 0 Å². The molecule has 0 bridgehead atoms. The first-order chi connectivity index (χ1) is 18.1. The number of hydrogen-bond donors (Lipinski definition) is 2. The minimum atomic E-state index is -4.48. The molecule has 2 N–H and O–H groups in total. The van der Waals surface area contributed by atoms with Crippen molar-refractivity contribution in [1.29, 1.82) is 0 Å². The summed E-state index contributed by atoms with van der Waals surface area (Å²) < 4.78 is 37.5. The predicted octanol–water partition coefficient (Wildman–Crippen LogP) is 4.37. The maximum Gasteiger partial charge on any atom is 0.397 e. The third-order valence-corrected chi connectivity index (χ3v) is 6.65. The number of aromatic nitrogens is 5. The predicted molar refractivity (Wildman–Crippen MR) is 137 cm³/mol. The molecular weight excluding hydrogens is 497 g/mol. The van der Waals surface area contributed by atoms with Gasteiger partial charge in [-0.2, -0.15) is 13.2 Å². The van der Waals surface area contributed by atoms with Crippen LogP contribution in [0.4, 0.5) is 24.9 Å². The molecule has 0 saturated carbocycles. The molecule has 1 fully saturated rings. The van der Waals surface area contributed by atoms with Gasteiger partial charge in [0.05, 0.1) is 16.7 Å². The van der Waals surface area contributed by atoms with E-state index in [1.807, 2.05) is 44.2 Å². The zero-order chi connectivity index (χ0) is 26.9. The number of piperazine rings is 1. The minimum Gasteiger partial charge on any atom is -0.340 e. The van der Waals surface area contributed by atoms with E-state index in [2.05, 4.69) is 35.1 Å². The van der Waals surface area contributed by atoms with Crippen LogP contribution in [0.25, 0.3) is 22.3 Å². The first kappa shape index (κ1) is 25.6. The molecule has 38 heavy (non-hydrogen) atoms. The van der Waals surface area contributed by atoms with E-state index < -0.39 is 18.5 Å². The Morgan fingerprint density at radius 3 is 2.61 bits per heavy atom. The molecule has 0 aliphatic carbocycles. The number of carbonyl (C=O) groups excluding carboxylic acids is 1. The number of halogens is 3. The van der Waals surface area contributed by atoms with Crippen LogP contribution in [0.2, 0.25) is 0 Å². The fraction of sp³-hybridized carbons (Fsp3) is 0.346. The quantitative estimate of drug-likeness (QED) is 0.386. The van der Waals surface area contributed by atoms with Crippen molar-refractivity contribution in [3.05, 3.63) is 59.7 Å². The summed E-state index contributed by atoms with van der Waals surface area (Å²) in [6.45, 7) is 6.12. The lowest BCUT2D eigenvalue weighted by atomic mass is 10.1. The summed E-state index contributed by atoms with van der Waals surface area (Å²) in [6.07, 6.45) is -2.63. The number of aromatic amines is 1. The molecule has 3 aromatic heterocycles. The van der Waals surface area contributed by atoms with Crippen LogP contribution >= 0.6 is 0 Å². The lowest BCUT2D eigenvalue weighted by Gasteiger charge is -2.35. The Kier molecular flexibility index (Phi) is 6.98. The molecule has 1 aliphatic heterocycles. The SMILES string of the molecule is Cc1ncnc(-c2ccc3nc(Nc4cc(CN5CCN(C(=O)CC(F)(F)F)CC5)ccn4)[nH]c3c2)c1C. The van der Waals surface area contributed by atoms with Crippen molar-refractivity contribution in [3.63, 3.8) is 0 Å². The second-order valence-corrected chi connectivity index (χ2v) is 9.37. The smallest absolute Gasteiger partial charge is 0.340 e. The van der Waals surface area contributed by atoms with Gasteiger partial charge in [-0.15, -0.1) is 0 Å². The minimum absolute atomic E-state index is 0.278. The van der Waals surface area contributed by atoms with Crippen molar-refractivity contribution in [3.8, 4) is 11.3 Å². The molecule has 0 atom stereocenters. The second-order valence-electron chi connectivity index (χ2n) is 9.37. The van der Waals surface area contributed by atoms with Crippen molar-refractivity contribution in [2.75, 3.05) is 31.5 Å². The fourth-order valence-corrected chi connectivity index (χ4v) is 4.50. The van der Waals surface area contributed by atoms with E-state index in [-0.39, 0.29) is 13.1 Å². The highest BCUT2D eigenvalue weighted by atomic mass is 19.4. The average molecular weight is 525 g/mol. The summed E-state index contributed by atoms with van der Waals surface area (Å²) in [4.78, 5) is 36.2. The lowest BCUT2D eigenvalue weighted by Crippen LogP contribution is -2.49. The summed E-state index contributed by atoms with van der Waals surface area (Å²) in [5.41, 5.74) is 6.46. The maximum absolute atomic E-state index is 12.5. The Labute approximate surface area is 217 Å². The Morgan fingerprint density at radius 1 is 1.05 bits per heavy atom. The van der Waals surface area contributed by atoms with Gasteiger partial charge in [0.1, 0.15) is 18.6 Å². The summed E-state index contributed by atoms with van der Waals surface area (Å²) in [7, 11) is 0. The topological polar surface area (TPSA) is 103 Å². The number of hydrogen-bond acceptors (Lipinski definition) is 7. The standard InChI is InChI=1S/C26H27F3N8O/c1-16-17(2)31-15-32-24(16)19-3-4-20-21(12-19)34-25(33-20)35-22-11-18(5-6-30-22)14-36-7-9-37(10-8-36)23(38)13-26(27,28)29/h3-6,11-12,15H,7-10,13-14H2,1-2H3,(H2,30,33,34,35). The van der Waals surface area contributed by atoms with Crippen LogP contribution < -0.4 is 5.32 Å². The number of nitrogens with one attached hydrogen (secondary N) is 2. The number of anilines is 2. The summed E-state index contributed by atoms with van der Waals surface area (Å²) >= 11 is 0. The largest absolute Gasteiger partial charge is 0.397 e. The summed E-state index contributed by atoms with van der Waals surface area (Å²) in [6, 6.07) is 9.73. The van der Waals surface area contributed by atoms with E-state index in [0.29, 0.717) is 31.4 Å². The van der Waals surface area contributed by atoms with Gasteiger partial charge in [0.25, 0.3) is 0 Å². The van der Waals surface area contributed by atoms with Crippen molar-refractivity contribution < 1.29 is 18.0 Å². The fourth-order valence-electron chi connectivity index (χ4n) is 4.50. The van der Waals surface area contributed by atoms with Gasteiger partial charge in [0.2, 0.25) is 11.9 Å². The van der Waals surface area contributed by atoms with Crippen molar-refractivity contribution in [2.45, 2.75) is 33.0 Å². The Hall–Kier alpha value is -4.06. The van der Waals surface area contributed by atoms with Gasteiger partial charge < -0.3 is 15.2 Å². The Bertz CT molecular complexity index is 1460. The van der Waals surface area contributed by atoms with E-state index in [1.165, 1.54) is 4.90 Å². The molecule has 4 heterocycles. The number of benzene rings is 1. The molecule has 5 rings (SSSR count). The van der Waals surface area contributed by atoms with Crippen molar-refractivity contribution in [2.24, 2.45) is 0 Å². The highest BCUT2D eigenvalue weighted by molar-refractivity contribution is 5.83. The molecule has 1 aliphatic rings. The van der Waals surface area contributed by atoms with Gasteiger partial charge in [-0.25, -0.2) is 19.9 Å². The Balaban J connectivity index is 1.23. The molecule has 0 spiro atoms. The van der Waals surface area contributed by atoms with E-state index in [9.17, 15) is 18.0 Å². The summed E-state index contributed by atoms with van der Waals surface area (Å²) in [5, 5.41) is 3.21.